The number of carbonyl (C=O) groups is 1. The summed E-state index contributed by atoms with van der Waals surface area (Å²) in [6, 6.07) is 15.8. The third-order valence-corrected chi connectivity index (χ3v) is 5.88. The van der Waals surface area contributed by atoms with E-state index >= 15 is 0 Å². The normalized spacial score (nSPS) is 18.9. The number of fused-ring (bicyclic) bond motifs is 1. The standard InChI is InChI=1S/C22H27N3O2/c1-17(22(27)25-11-10-18-6-2-3-7-19(18)16-25)23-12-14-24(15-13-23)20-8-4-5-9-21(20)26/h2-9,17,26H,10-16H2,1H3/t17-/m1/s1. The van der Waals surface area contributed by atoms with E-state index in [0.717, 1.165) is 51.4 Å². The fraction of sp³-hybridized carbons (Fsp3) is 0.409. The predicted molar refractivity (Wildman–Crippen MR) is 107 cm³/mol. The molecule has 2 aliphatic heterocycles. The van der Waals surface area contributed by atoms with E-state index in [4.69, 9.17) is 0 Å². The van der Waals surface area contributed by atoms with Gasteiger partial charge in [0, 0.05) is 39.3 Å². The van der Waals surface area contributed by atoms with Crippen LogP contribution in [-0.2, 0) is 17.8 Å². The molecule has 0 unspecified atom stereocenters. The lowest BCUT2D eigenvalue weighted by molar-refractivity contribution is -0.137. The molecular weight excluding hydrogens is 338 g/mol. The minimum atomic E-state index is -0.109. The monoisotopic (exact) mass is 365 g/mol. The van der Waals surface area contributed by atoms with Gasteiger partial charge in [-0.05, 0) is 36.6 Å². The van der Waals surface area contributed by atoms with Crippen LogP contribution in [0.4, 0.5) is 5.69 Å². The number of amides is 1. The molecule has 5 nitrogen and oxygen atoms in total. The Balaban J connectivity index is 1.36. The molecule has 1 amide bonds. The van der Waals surface area contributed by atoms with E-state index in [1.807, 2.05) is 30.0 Å². The van der Waals surface area contributed by atoms with Crippen LogP contribution in [0.15, 0.2) is 48.5 Å². The van der Waals surface area contributed by atoms with E-state index in [1.54, 1.807) is 6.07 Å². The molecule has 2 heterocycles. The van der Waals surface area contributed by atoms with Gasteiger partial charge in [0.25, 0.3) is 0 Å². The Morgan fingerprint density at radius 2 is 1.59 bits per heavy atom. The first-order valence-corrected chi connectivity index (χ1v) is 9.76. The van der Waals surface area contributed by atoms with Gasteiger partial charge < -0.3 is 14.9 Å². The molecule has 4 rings (SSSR count). The maximum atomic E-state index is 13.0. The molecule has 0 spiro atoms. The molecule has 0 bridgehead atoms. The summed E-state index contributed by atoms with van der Waals surface area (Å²) in [5.41, 5.74) is 3.52. The van der Waals surface area contributed by atoms with Crippen LogP contribution in [0, 0.1) is 0 Å². The Hall–Kier alpha value is -2.53. The molecule has 27 heavy (non-hydrogen) atoms. The van der Waals surface area contributed by atoms with Gasteiger partial charge in [-0.2, -0.15) is 0 Å². The summed E-state index contributed by atoms with van der Waals surface area (Å²) < 4.78 is 0. The van der Waals surface area contributed by atoms with Crippen molar-refractivity contribution in [1.82, 2.24) is 9.80 Å². The van der Waals surface area contributed by atoms with E-state index in [0.29, 0.717) is 5.75 Å². The first-order chi connectivity index (χ1) is 13.1. The first kappa shape index (κ1) is 17.9. The van der Waals surface area contributed by atoms with Crippen molar-refractivity contribution in [2.75, 3.05) is 37.6 Å². The first-order valence-electron chi connectivity index (χ1n) is 9.76. The highest BCUT2D eigenvalue weighted by Gasteiger charge is 2.30. The molecule has 1 saturated heterocycles. The number of benzene rings is 2. The fourth-order valence-corrected chi connectivity index (χ4v) is 4.19. The SMILES string of the molecule is C[C@H](C(=O)N1CCc2ccccc2C1)N1CCN(c2ccccc2O)CC1. The second-order valence-corrected chi connectivity index (χ2v) is 7.47. The van der Waals surface area contributed by atoms with Crippen molar-refractivity contribution in [3.05, 3.63) is 59.7 Å². The molecule has 0 saturated carbocycles. The van der Waals surface area contributed by atoms with Crippen LogP contribution in [-0.4, -0.2) is 59.6 Å². The number of para-hydroxylation sites is 2. The number of aromatic hydroxyl groups is 1. The van der Waals surface area contributed by atoms with Gasteiger partial charge in [-0.25, -0.2) is 0 Å². The van der Waals surface area contributed by atoms with Gasteiger partial charge >= 0.3 is 0 Å². The van der Waals surface area contributed by atoms with Crippen molar-refractivity contribution in [3.8, 4) is 5.75 Å². The van der Waals surface area contributed by atoms with Crippen LogP contribution < -0.4 is 4.90 Å². The molecule has 1 fully saturated rings. The van der Waals surface area contributed by atoms with Crippen LogP contribution in [0.3, 0.4) is 0 Å². The Labute approximate surface area is 160 Å². The van der Waals surface area contributed by atoms with Crippen molar-refractivity contribution < 1.29 is 9.90 Å². The summed E-state index contributed by atoms with van der Waals surface area (Å²) in [6.07, 6.45) is 0.940. The molecule has 2 aromatic carbocycles. The number of phenols is 1. The number of piperazine rings is 1. The van der Waals surface area contributed by atoms with Crippen LogP contribution in [0.2, 0.25) is 0 Å². The third kappa shape index (κ3) is 3.65. The lowest BCUT2D eigenvalue weighted by atomic mass is 9.99. The minimum Gasteiger partial charge on any atom is -0.506 e. The van der Waals surface area contributed by atoms with Crippen molar-refractivity contribution in [3.63, 3.8) is 0 Å². The molecule has 0 aliphatic carbocycles. The van der Waals surface area contributed by atoms with Crippen molar-refractivity contribution >= 4 is 11.6 Å². The number of hydrogen-bond donors (Lipinski definition) is 1. The molecule has 0 aromatic heterocycles. The molecule has 0 radical (unpaired) electrons. The molecule has 142 valence electrons. The van der Waals surface area contributed by atoms with Gasteiger partial charge in [0.2, 0.25) is 5.91 Å². The van der Waals surface area contributed by atoms with Crippen LogP contribution >= 0.6 is 0 Å². The van der Waals surface area contributed by atoms with Crippen molar-refractivity contribution in [2.45, 2.75) is 25.9 Å². The number of hydrogen-bond acceptors (Lipinski definition) is 4. The van der Waals surface area contributed by atoms with E-state index in [-0.39, 0.29) is 11.9 Å². The van der Waals surface area contributed by atoms with Crippen LogP contribution in [0.25, 0.3) is 0 Å². The van der Waals surface area contributed by atoms with Gasteiger partial charge in [0.15, 0.2) is 0 Å². The highest BCUT2D eigenvalue weighted by atomic mass is 16.3. The highest BCUT2D eigenvalue weighted by Crippen LogP contribution is 2.27. The zero-order valence-corrected chi connectivity index (χ0v) is 15.8. The molecule has 2 aliphatic rings. The zero-order chi connectivity index (χ0) is 18.8. The van der Waals surface area contributed by atoms with Gasteiger partial charge in [-0.1, -0.05) is 36.4 Å². The van der Waals surface area contributed by atoms with Crippen LogP contribution in [0.1, 0.15) is 18.1 Å². The summed E-state index contributed by atoms with van der Waals surface area (Å²) in [7, 11) is 0. The smallest absolute Gasteiger partial charge is 0.239 e. The van der Waals surface area contributed by atoms with Gasteiger partial charge in [-0.15, -0.1) is 0 Å². The molecular formula is C22H27N3O2. The second kappa shape index (κ2) is 7.61. The maximum absolute atomic E-state index is 13.0. The quantitative estimate of drug-likeness (QED) is 0.908. The van der Waals surface area contributed by atoms with Gasteiger partial charge in [0.05, 0.1) is 11.7 Å². The average Bonchev–Trinajstić information content (AvgIpc) is 2.73. The summed E-state index contributed by atoms with van der Waals surface area (Å²) in [6.45, 7) is 6.83. The van der Waals surface area contributed by atoms with E-state index in [9.17, 15) is 9.90 Å². The minimum absolute atomic E-state index is 0.109. The lowest BCUT2D eigenvalue weighted by Gasteiger charge is -2.40. The van der Waals surface area contributed by atoms with Crippen molar-refractivity contribution in [2.24, 2.45) is 0 Å². The summed E-state index contributed by atoms with van der Waals surface area (Å²) >= 11 is 0. The molecule has 1 atom stereocenters. The summed E-state index contributed by atoms with van der Waals surface area (Å²) in [5.74, 6) is 0.544. The number of rotatable bonds is 3. The topological polar surface area (TPSA) is 47.0 Å². The van der Waals surface area contributed by atoms with E-state index in [1.165, 1.54) is 11.1 Å². The molecule has 1 N–H and O–H groups in total. The summed E-state index contributed by atoms with van der Waals surface area (Å²) in [5, 5.41) is 10.1. The number of carbonyl (C=O) groups excluding carboxylic acids is 1. The third-order valence-electron chi connectivity index (χ3n) is 5.88. The second-order valence-electron chi connectivity index (χ2n) is 7.47. The molecule has 5 heteroatoms. The lowest BCUT2D eigenvalue weighted by Crippen LogP contribution is -2.55. The largest absolute Gasteiger partial charge is 0.506 e. The zero-order valence-electron chi connectivity index (χ0n) is 15.8. The number of anilines is 1. The fourth-order valence-electron chi connectivity index (χ4n) is 4.19. The van der Waals surface area contributed by atoms with Gasteiger partial charge in [0.1, 0.15) is 5.75 Å². The summed E-state index contributed by atoms with van der Waals surface area (Å²) in [4.78, 5) is 19.5. The van der Waals surface area contributed by atoms with E-state index < -0.39 is 0 Å². The molecule has 2 aromatic rings. The Kier molecular flexibility index (Phi) is 5.03. The van der Waals surface area contributed by atoms with E-state index in [2.05, 4.69) is 34.1 Å². The van der Waals surface area contributed by atoms with Crippen LogP contribution in [0.5, 0.6) is 5.75 Å². The number of nitrogens with zero attached hydrogens (tertiary/aromatic N) is 3. The predicted octanol–water partition coefficient (Wildman–Crippen LogP) is 2.49. The Morgan fingerprint density at radius 3 is 2.33 bits per heavy atom. The van der Waals surface area contributed by atoms with Gasteiger partial charge in [-0.3, -0.25) is 9.69 Å². The maximum Gasteiger partial charge on any atom is 0.239 e. The Morgan fingerprint density at radius 1 is 0.926 bits per heavy atom. The highest BCUT2D eigenvalue weighted by molar-refractivity contribution is 5.81. The average molecular weight is 365 g/mol. The Bertz CT molecular complexity index is 815. The van der Waals surface area contributed by atoms with Crippen molar-refractivity contribution in [1.29, 1.82) is 0 Å². The number of phenolic OH excluding ortho intramolecular Hbond substituents is 1.